The molecule has 2 nitrogen and oxygen atoms in total. The SMILES string of the molecule is CC(C)CC(C)NCCN1CCCCC1. The van der Waals surface area contributed by atoms with E-state index >= 15 is 0 Å². The zero-order valence-electron chi connectivity index (χ0n) is 10.8. The summed E-state index contributed by atoms with van der Waals surface area (Å²) in [6.07, 6.45) is 5.54. The van der Waals surface area contributed by atoms with Gasteiger partial charge in [-0.1, -0.05) is 20.3 Å². The van der Waals surface area contributed by atoms with E-state index in [1.54, 1.807) is 0 Å². The van der Waals surface area contributed by atoms with Crippen LogP contribution in [-0.4, -0.2) is 37.1 Å². The van der Waals surface area contributed by atoms with Crippen molar-refractivity contribution in [3.63, 3.8) is 0 Å². The van der Waals surface area contributed by atoms with Crippen molar-refractivity contribution in [3.05, 3.63) is 0 Å². The van der Waals surface area contributed by atoms with Crippen molar-refractivity contribution < 1.29 is 0 Å². The zero-order valence-corrected chi connectivity index (χ0v) is 10.8. The Morgan fingerprint density at radius 2 is 1.73 bits per heavy atom. The Morgan fingerprint density at radius 3 is 2.33 bits per heavy atom. The predicted molar refractivity (Wildman–Crippen MR) is 67.2 cm³/mol. The molecule has 0 aromatic heterocycles. The minimum absolute atomic E-state index is 0.676. The summed E-state index contributed by atoms with van der Waals surface area (Å²) < 4.78 is 0. The Kier molecular flexibility index (Phi) is 6.26. The molecule has 1 rings (SSSR count). The van der Waals surface area contributed by atoms with Crippen LogP contribution in [0.1, 0.15) is 46.5 Å². The fraction of sp³-hybridized carbons (Fsp3) is 1.00. The molecule has 0 aliphatic carbocycles. The van der Waals surface area contributed by atoms with Gasteiger partial charge in [-0.3, -0.25) is 0 Å². The first kappa shape index (κ1) is 13.0. The van der Waals surface area contributed by atoms with Gasteiger partial charge in [0.15, 0.2) is 0 Å². The molecule has 1 fully saturated rings. The van der Waals surface area contributed by atoms with E-state index in [2.05, 4.69) is 31.0 Å². The van der Waals surface area contributed by atoms with Crippen LogP contribution in [0.2, 0.25) is 0 Å². The van der Waals surface area contributed by atoms with Gasteiger partial charge in [0.25, 0.3) is 0 Å². The highest BCUT2D eigenvalue weighted by molar-refractivity contribution is 4.68. The van der Waals surface area contributed by atoms with Crippen LogP contribution in [0.15, 0.2) is 0 Å². The van der Waals surface area contributed by atoms with Crippen molar-refractivity contribution in [1.29, 1.82) is 0 Å². The van der Waals surface area contributed by atoms with E-state index in [9.17, 15) is 0 Å². The molecule has 0 spiro atoms. The monoisotopic (exact) mass is 212 g/mol. The number of piperidine rings is 1. The van der Waals surface area contributed by atoms with E-state index in [0.29, 0.717) is 6.04 Å². The fourth-order valence-electron chi connectivity index (χ4n) is 2.44. The van der Waals surface area contributed by atoms with E-state index in [-0.39, 0.29) is 0 Å². The molecule has 1 aliphatic rings. The van der Waals surface area contributed by atoms with Gasteiger partial charge >= 0.3 is 0 Å². The van der Waals surface area contributed by atoms with Gasteiger partial charge in [0.1, 0.15) is 0 Å². The zero-order chi connectivity index (χ0) is 11.1. The maximum Gasteiger partial charge on any atom is 0.0107 e. The lowest BCUT2D eigenvalue weighted by Gasteiger charge is -2.27. The Bertz CT molecular complexity index is 151. The van der Waals surface area contributed by atoms with Gasteiger partial charge in [0.2, 0.25) is 0 Å². The smallest absolute Gasteiger partial charge is 0.0107 e. The highest BCUT2D eigenvalue weighted by atomic mass is 15.1. The number of rotatable bonds is 6. The topological polar surface area (TPSA) is 15.3 Å². The number of likely N-dealkylation sites (tertiary alicyclic amines) is 1. The molecule has 0 aromatic rings. The lowest BCUT2D eigenvalue weighted by atomic mass is 10.1. The summed E-state index contributed by atoms with van der Waals surface area (Å²) in [4.78, 5) is 2.60. The summed E-state index contributed by atoms with van der Waals surface area (Å²) in [5.74, 6) is 0.808. The fourth-order valence-corrected chi connectivity index (χ4v) is 2.44. The van der Waals surface area contributed by atoms with Crippen molar-refractivity contribution in [2.45, 2.75) is 52.5 Å². The standard InChI is InChI=1S/C13H28N2/c1-12(2)11-13(3)14-7-10-15-8-5-4-6-9-15/h12-14H,4-11H2,1-3H3. The molecular formula is C13H28N2. The third-order valence-electron chi connectivity index (χ3n) is 3.19. The summed E-state index contributed by atoms with van der Waals surface area (Å²) in [6, 6.07) is 0.676. The number of hydrogen-bond acceptors (Lipinski definition) is 2. The van der Waals surface area contributed by atoms with Crippen LogP contribution in [0, 0.1) is 5.92 Å². The van der Waals surface area contributed by atoms with Gasteiger partial charge in [-0.15, -0.1) is 0 Å². The van der Waals surface area contributed by atoms with Crippen LogP contribution in [0.3, 0.4) is 0 Å². The normalized spacial score (nSPS) is 20.8. The van der Waals surface area contributed by atoms with Crippen LogP contribution in [0.4, 0.5) is 0 Å². The summed E-state index contributed by atoms with van der Waals surface area (Å²) in [6.45, 7) is 11.9. The Labute approximate surface area is 95.4 Å². The van der Waals surface area contributed by atoms with Gasteiger partial charge in [0, 0.05) is 19.1 Å². The summed E-state index contributed by atoms with van der Waals surface area (Å²) in [7, 11) is 0. The molecule has 1 heterocycles. The highest BCUT2D eigenvalue weighted by Gasteiger charge is 2.10. The minimum Gasteiger partial charge on any atom is -0.313 e. The van der Waals surface area contributed by atoms with E-state index in [4.69, 9.17) is 0 Å². The van der Waals surface area contributed by atoms with Crippen LogP contribution < -0.4 is 5.32 Å². The number of nitrogens with one attached hydrogen (secondary N) is 1. The maximum atomic E-state index is 3.62. The summed E-state index contributed by atoms with van der Waals surface area (Å²) in [5.41, 5.74) is 0. The van der Waals surface area contributed by atoms with E-state index in [1.165, 1.54) is 45.3 Å². The summed E-state index contributed by atoms with van der Waals surface area (Å²) >= 11 is 0. The quantitative estimate of drug-likeness (QED) is 0.728. The first-order valence-electron chi connectivity index (χ1n) is 6.64. The average molecular weight is 212 g/mol. The van der Waals surface area contributed by atoms with Gasteiger partial charge in [-0.25, -0.2) is 0 Å². The molecular weight excluding hydrogens is 184 g/mol. The third-order valence-corrected chi connectivity index (χ3v) is 3.19. The Hall–Kier alpha value is -0.0800. The molecule has 0 saturated carbocycles. The van der Waals surface area contributed by atoms with E-state index in [1.807, 2.05) is 0 Å². The van der Waals surface area contributed by atoms with Crippen molar-refractivity contribution in [1.82, 2.24) is 10.2 Å². The molecule has 0 radical (unpaired) electrons. The lowest BCUT2D eigenvalue weighted by molar-refractivity contribution is 0.225. The molecule has 1 aliphatic heterocycles. The second kappa shape index (κ2) is 7.24. The van der Waals surface area contributed by atoms with Crippen molar-refractivity contribution >= 4 is 0 Å². The van der Waals surface area contributed by atoms with Crippen LogP contribution in [0.5, 0.6) is 0 Å². The summed E-state index contributed by atoms with van der Waals surface area (Å²) in [5, 5.41) is 3.62. The molecule has 0 amide bonds. The van der Waals surface area contributed by atoms with Gasteiger partial charge < -0.3 is 10.2 Å². The van der Waals surface area contributed by atoms with Gasteiger partial charge in [-0.2, -0.15) is 0 Å². The molecule has 2 heteroatoms. The van der Waals surface area contributed by atoms with Crippen molar-refractivity contribution in [2.24, 2.45) is 5.92 Å². The average Bonchev–Trinajstić information content (AvgIpc) is 2.18. The molecule has 1 atom stereocenters. The second-order valence-corrected chi connectivity index (χ2v) is 5.39. The molecule has 90 valence electrons. The minimum atomic E-state index is 0.676. The van der Waals surface area contributed by atoms with Crippen LogP contribution in [0.25, 0.3) is 0 Å². The lowest BCUT2D eigenvalue weighted by Crippen LogP contribution is -2.38. The van der Waals surface area contributed by atoms with E-state index < -0.39 is 0 Å². The third kappa shape index (κ3) is 6.16. The van der Waals surface area contributed by atoms with Crippen LogP contribution >= 0.6 is 0 Å². The van der Waals surface area contributed by atoms with Gasteiger partial charge in [-0.05, 0) is 45.2 Å². The van der Waals surface area contributed by atoms with E-state index in [0.717, 1.165) is 12.5 Å². The molecule has 0 bridgehead atoms. The molecule has 1 N–H and O–H groups in total. The number of hydrogen-bond donors (Lipinski definition) is 1. The molecule has 1 saturated heterocycles. The maximum absolute atomic E-state index is 3.62. The predicted octanol–water partition coefficient (Wildman–Crippen LogP) is 2.50. The highest BCUT2D eigenvalue weighted by Crippen LogP contribution is 2.07. The molecule has 15 heavy (non-hydrogen) atoms. The molecule has 1 unspecified atom stereocenters. The molecule has 0 aromatic carbocycles. The van der Waals surface area contributed by atoms with Crippen molar-refractivity contribution in [2.75, 3.05) is 26.2 Å². The van der Waals surface area contributed by atoms with Crippen LogP contribution in [-0.2, 0) is 0 Å². The largest absolute Gasteiger partial charge is 0.313 e. The Morgan fingerprint density at radius 1 is 1.07 bits per heavy atom. The second-order valence-electron chi connectivity index (χ2n) is 5.39. The number of nitrogens with zero attached hydrogens (tertiary/aromatic N) is 1. The van der Waals surface area contributed by atoms with Gasteiger partial charge in [0.05, 0.1) is 0 Å². The first-order chi connectivity index (χ1) is 7.18. The Balaban J connectivity index is 1.99. The first-order valence-corrected chi connectivity index (χ1v) is 6.64. The van der Waals surface area contributed by atoms with Crippen molar-refractivity contribution in [3.8, 4) is 0 Å².